The summed E-state index contributed by atoms with van der Waals surface area (Å²) >= 11 is 0. The molecule has 5 heteroatoms. The van der Waals surface area contributed by atoms with Crippen LogP contribution in [0.15, 0.2) is 24.3 Å². The van der Waals surface area contributed by atoms with E-state index in [2.05, 4.69) is 12.2 Å². The Bertz CT molecular complexity index is 474. The smallest absolute Gasteiger partial charge is 0.321 e. The van der Waals surface area contributed by atoms with E-state index < -0.39 is 5.97 Å². The minimum Gasteiger partial charge on any atom is -0.481 e. The number of aryl methyl sites for hydroxylation is 1. The van der Waals surface area contributed by atoms with Gasteiger partial charge in [-0.15, -0.1) is 0 Å². The summed E-state index contributed by atoms with van der Waals surface area (Å²) < 4.78 is 0. The molecule has 0 radical (unpaired) electrons. The van der Waals surface area contributed by atoms with E-state index in [0.29, 0.717) is 12.1 Å². The molecule has 0 aromatic heterocycles. The lowest BCUT2D eigenvalue weighted by atomic mass is 10.1. The molecule has 0 heterocycles. The zero-order chi connectivity index (χ0) is 15.7. The van der Waals surface area contributed by atoms with Crippen molar-refractivity contribution in [1.82, 2.24) is 4.90 Å². The number of nitrogens with zero attached hydrogens (tertiary/aromatic N) is 1. The largest absolute Gasteiger partial charge is 0.481 e. The van der Waals surface area contributed by atoms with Crippen molar-refractivity contribution in [3.05, 3.63) is 29.8 Å². The van der Waals surface area contributed by atoms with Gasteiger partial charge in [0, 0.05) is 25.7 Å². The fourth-order valence-electron chi connectivity index (χ4n) is 1.98. The van der Waals surface area contributed by atoms with Crippen molar-refractivity contribution in [3.8, 4) is 0 Å². The quantitative estimate of drug-likeness (QED) is 0.722. The molecule has 1 aromatic rings. The molecule has 0 aliphatic rings. The molecule has 21 heavy (non-hydrogen) atoms. The van der Waals surface area contributed by atoms with Crippen LogP contribution in [0.4, 0.5) is 10.5 Å². The Morgan fingerprint density at radius 1 is 1.29 bits per heavy atom. The maximum atomic E-state index is 12.0. The van der Waals surface area contributed by atoms with Gasteiger partial charge >= 0.3 is 12.0 Å². The van der Waals surface area contributed by atoms with E-state index in [1.165, 1.54) is 0 Å². The van der Waals surface area contributed by atoms with Crippen LogP contribution >= 0.6 is 0 Å². The number of carbonyl (C=O) groups excluding carboxylic acids is 1. The van der Waals surface area contributed by atoms with E-state index in [0.717, 1.165) is 31.4 Å². The minimum absolute atomic E-state index is 0.0916. The number of amides is 2. The van der Waals surface area contributed by atoms with Crippen LogP contribution < -0.4 is 5.32 Å². The van der Waals surface area contributed by atoms with Crippen LogP contribution in [0, 0.1) is 0 Å². The fourth-order valence-corrected chi connectivity index (χ4v) is 1.98. The summed E-state index contributed by atoms with van der Waals surface area (Å²) in [4.78, 5) is 24.2. The summed E-state index contributed by atoms with van der Waals surface area (Å²) in [7, 11) is 1.78. The van der Waals surface area contributed by atoms with E-state index >= 15 is 0 Å². The number of nitrogens with one attached hydrogen (secondary N) is 1. The predicted octanol–water partition coefficient (Wildman–Crippen LogP) is 3.36. The van der Waals surface area contributed by atoms with Crippen molar-refractivity contribution in [2.24, 2.45) is 0 Å². The number of rotatable bonds is 8. The molecule has 0 unspecified atom stereocenters. The normalized spacial score (nSPS) is 10.2. The number of urea groups is 1. The average molecular weight is 292 g/mol. The first kappa shape index (κ1) is 17.0. The fraction of sp³-hybridized carbons (Fsp3) is 0.500. The third kappa shape index (κ3) is 6.79. The zero-order valence-electron chi connectivity index (χ0n) is 12.8. The van der Waals surface area contributed by atoms with E-state index in [4.69, 9.17) is 5.11 Å². The molecule has 2 amide bonds. The number of aliphatic carboxylic acids is 1. The van der Waals surface area contributed by atoms with Crippen LogP contribution in [0.1, 0.15) is 38.2 Å². The predicted molar refractivity (Wildman–Crippen MR) is 83.6 cm³/mol. The number of unbranched alkanes of at least 4 members (excludes halogenated alkanes) is 2. The lowest BCUT2D eigenvalue weighted by Gasteiger charge is -2.18. The van der Waals surface area contributed by atoms with Crippen molar-refractivity contribution >= 4 is 17.7 Å². The van der Waals surface area contributed by atoms with Crippen molar-refractivity contribution in [2.45, 2.75) is 39.0 Å². The highest BCUT2D eigenvalue weighted by Gasteiger charge is 2.08. The standard InChI is InChI=1S/C16H24N2O3/c1-3-4-5-11-18(2)16(21)17-14-8-6-7-13(12-14)9-10-15(19)20/h6-8,12H,3-5,9-11H2,1-2H3,(H,17,21)(H,19,20). The molecule has 0 saturated carbocycles. The van der Waals surface area contributed by atoms with E-state index in [9.17, 15) is 9.59 Å². The molecule has 2 N–H and O–H groups in total. The number of carbonyl (C=O) groups is 2. The summed E-state index contributed by atoms with van der Waals surface area (Å²) in [5, 5.41) is 11.5. The van der Waals surface area contributed by atoms with Crippen LogP contribution in [0.5, 0.6) is 0 Å². The Morgan fingerprint density at radius 2 is 2.05 bits per heavy atom. The lowest BCUT2D eigenvalue weighted by molar-refractivity contribution is -0.136. The summed E-state index contributed by atoms with van der Waals surface area (Å²) in [5.74, 6) is -0.819. The van der Waals surface area contributed by atoms with Crippen molar-refractivity contribution < 1.29 is 14.7 Å². The van der Waals surface area contributed by atoms with Gasteiger partial charge < -0.3 is 15.3 Å². The molecule has 0 aliphatic heterocycles. The monoisotopic (exact) mass is 292 g/mol. The Kier molecular flexibility index (Phi) is 7.29. The summed E-state index contributed by atoms with van der Waals surface area (Å²) in [6.07, 6.45) is 3.79. The molecule has 5 nitrogen and oxygen atoms in total. The van der Waals surface area contributed by atoms with Crippen LogP contribution in [-0.4, -0.2) is 35.6 Å². The van der Waals surface area contributed by atoms with E-state index in [1.807, 2.05) is 24.3 Å². The van der Waals surface area contributed by atoms with Gasteiger partial charge in [-0.25, -0.2) is 4.79 Å². The van der Waals surface area contributed by atoms with Crippen molar-refractivity contribution in [3.63, 3.8) is 0 Å². The summed E-state index contributed by atoms with van der Waals surface area (Å²) in [6, 6.07) is 7.18. The van der Waals surface area contributed by atoms with E-state index in [1.54, 1.807) is 11.9 Å². The van der Waals surface area contributed by atoms with Gasteiger partial charge in [0.1, 0.15) is 0 Å². The van der Waals surface area contributed by atoms with Crippen LogP contribution in [0.2, 0.25) is 0 Å². The summed E-state index contributed by atoms with van der Waals surface area (Å²) in [5.41, 5.74) is 1.61. The average Bonchev–Trinajstić information content (AvgIpc) is 2.45. The second-order valence-electron chi connectivity index (χ2n) is 5.15. The highest BCUT2D eigenvalue weighted by molar-refractivity contribution is 5.89. The minimum atomic E-state index is -0.819. The number of anilines is 1. The van der Waals surface area contributed by atoms with Crippen molar-refractivity contribution in [2.75, 3.05) is 18.9 Å². The molecule has 0 atom stereocenters. The van der Waals surface area contributed by atoms with Crippen molar-refractivity contribution in [1.29, 1.82) is 0 Å². The van der Waals surface area contributed by atoms with Gasteiger partial charge in [0.2, 0.25) is 0 Å². The molecule has 0 saturated heterocycles. The van der Waals surface area contributed by atoms with Crippen LogP contribution in [0.25, 0.3) is 0 Å². The number of carboxylic acid groups (broad SMARTS) is 1. The van der Waals surface area contributed by atoms with Gasteiger partial charge in [0.25, 0.3) is 0 Å². The Labute approximate surface area is 126 Å². The zero-order valence-corrected chi connectivity index (χ0v) is 12.8. The molecule has 116 valence electrons. The number of benzene rings is 1. The third-order valence-electron chi connectivity index (χ3n) is 3.25. The lowest BCUT2D eigenvalue weighted by Crippen LogP contribution is -2.32. The van der Waals surface area contributed by atoms with Gasteiger partial charge in [-0.1, -0.05) is 31.9 Å². The molecule has 0 fully saturated rings. The number of hydrogen-bond donors (Lipinski definition) is 2. The van der Waals surface area contributed by atoms with Gasteiger partial charge in [-0.05, 0) is 30.5 Å². The maximum Gasteiger partial charge on any atom is 0.321 e. The molecule has 1 aromatic carbocycles. The second kappa shape index (κ2) is 9.00. The Morgan fingerprint density at radius 3 is 2.71 bits per heavy atom. The first-order valence-corrected chi connectivity index (χ1v) is 7.35. The number of carboxylic acids is 1. The SMILES string of the molecule is CCCCCN(C)C(=O)Nc1cccc(CCC(=O)O)c1. The molecule has 0 aliphatic carbocycles. The van der Waals surface area contributed by atoms with Gasteiger partial charge in [-0.3, -0.25) is 4.79 Å². The van der Waals surface area contributed by atoms with Gasteiger partial charge in [0.15, 0.2) is 0 Å². The first-order valence-electron chi connectivity index (χ1n) is 7.35. The molecular weight excluding hydrogens is 268 g/mol. The van der Waals surface area contributed by atoms with Crippen LogP contribution in [0.3, 0.4) is 0 Å². The molecule has 0 spiro atoms. The molecular formula is C16H24N2O3. The Hall–Kier alpha value is -2.04. The maximum absolute atomic E-state index is 12.0. The molecule has 0 bridgehead atoms. The highest BCUT2D eigenvalue weighted by Crippen LogP contribution is 2.13. The van der Waals surface area contributed by atoms with E-state index in [-0.39, 0.29) is 12.5 Å². The first-order chi connectivity index (χ1) is 10.0. The second-order valence-corrected chi connectivity index (χ2v) is 5.15. The van der Waals surface area contributed by atoms with Gasteiger partial charge in [0.05, 0.1) is 0 Å². The highest BCUT2D eigenvalue weighted by atomic mass is 16.4. The van der Waals surface area contributed by atoms with Gasteiger partial charge in [-0.2, -0.15) is 0 Å². The van der Waals surface area contributed by atoms with Crippen LogP contribution in [-0.2, 0) is 11.2 Å². The Balaban J connectivity index is 2.51. The number of hydrogen-bond acceptors (Lipinski definition) is 2. The third-order valence-corrected chi connectivity index (χ3v) is 3.25. The topological polar surface area (TPSA) is 69.6 Å². The summed E-state index contributed by atoms with van der Waals surface area (Å²) in [6.45, 7) is 2.86. The molecule has 1 rings (SSSR count).